The minimum atomic E-state index is -0.791. The van der Waals surface area contributed by atoms with Crippen LogP contribution in [-0.2, 0) is 25.4 Å². The van der Waals surface area contributed by atoms with Gasteiger partial charge in [-0.15, -0.1) is 5.92 Å². The fraction of sp³-hybridized carbons (Fsp3) is 0.412. The summed E-state index contributed by atoms with van der Waals surface area (Å²) >= 11 is 0. The summed E-state index contributed by atoms with van der Waals surface area (Å²) in [7, 11) is 2.53. The molecule has 0 aliphatic heterocycles. The Balaban J connectivity index is 2.50. The highest BCUT2D eigenvalue weighted by Gasteiger charge is 2.14. The van der Waals surface area contributed by atoms with Gasteiger partial charge in [0.05, 0.1) is 26.6 Å². The molecule has 5 heteroatoms. The first-order valence-electron chi connectivity index (χ1n) is 6.95. The van der Waals surface area contributed by atoms with Crippen LogP contribution in [0.25, 0.3) is 0 Å². The van der Waals surface area contributed by atoms with E-state index in [9.17, 15) is 9.59 Å². The van der Waals surface area contributed by atoms with Gasteiger partial charge < -0.3 is 14.2 Å². The standard InChI is InChI=1S/C17H20O5/c1-20-16(18)12-15(13-22-17(19)21-2)11-7-6-10-14-8-4-3-5-9-14/h3-5,8-9,15H,6,10,12-13H2,1-2H3/t15-/m1/s1. The van der Waals surface area contributed by atoms with Gasteiger partial charge in [0, 0.05) is 6.42 Å². The lowest BCUT2D eigenvalue weighted by Gasteiger charge is -2.09. The Morgan fingerprint density at radius 2 is 1.86 bits per heavy atom. The zero-order chi connectivity index (χ0) is 16.2. The summed E-state index contributed by atoms with van der Waals surface area (Å²) in [5, 5.41) is 0. The van der Waals surface area contributed by atoms with Gasteiger partial charge in [-0.05, 0) is 12.0 Å². The molecule has 1 atom stereocenters. The second-order valence-electron chi connectivity index (χ2n) is 4.55. The van der Waals surface area contributed by atoms with Crippen molar-refractivity contribution >= 4 is 12.1 Å². The first kappa shape index (κ1) is 17.6. The molecular weight excluding hydrogens is 284 g/mol. The van der Waals surface area contributed by atoms with Gasteiger partial charge in [0.2, 0.25) is 0 Å². The van der Waals surface area contributed by atoms with Crippen LogP contribution in [0.5, 0.6) is 0 Å². The van der Waals surface area contributed by atoms with E-state index in [0.29, 0.717) is 6.42 Å². The number of hydrogen-bond donors (Lipinski definition) is 0. The van der Waals surface area contributed by atoms with Crippen LogP contribution >= 0.6 is 0 Å². The molecule has 0 saturated heterocycles. The normalized spacial score (nSPS) is 10.8. The van der Waals surface area contributed by atoms with Crippen molar-refractivity contribution in [2.75, 3.05) is 20.8 Å². The predicted octanol–water partition coefficient (Wildman–Crippen LogP) is 2.58. The molecule has 0 aliphatic rings. The third-order valence-corrected chi connectivity index (χ3v) is 2.90. The zero-order valence-electron chi connectivity index (χ0n) is 12.8. The summed E-state index contributed by atoms with van der Waals surface area (Å²) in [6.45, 7) is 0.000109. The second kappa shape index (κ2) is 10.3. The third-order valence-electron chi connectivity index (χ3n) is 2.90. The monoisotopic (exact) mass is 304 g/mol. The maximum atomic E-state index is 11.3. The van der Waals surface area contributed by atoms with Crippen molar-refractivity contribution in [2.45, 2.75) is 19.3 Å². The molecule has 1 aromatic carbocycles. The lowest BCUT2D eigenvalue weighted by atomic mass is 10.1. The van der Waals surface area contributed by atoms with E-state index in [1.807, 2.05) is 30.3 Å². The topological polar surface area (TPSA) is 61.8 Å². The molecule has 0 amide bonds. The van der Waals surface area contributed by atoms with Crippen LogP contribution < -0.4 is 0 Å². The Labute approximate surface area is 130 Å². The highest BCUT2D eigenvalue weighted by molar-refractivity contribution is 5.70. The number of ether oxygens (including phenoxy) is 3. The molecule has 0 radical (unpaired) electrons. The fourth-order valence-corrected chi connectivity index (χ4v) is 1.73. The SMILES string of the molecule is COC(=O)C[C@@H](C#CCCc1ccccc1)COC(=O)OC. The van der Waals surface area contributed by atoms with E-state index >= 15 is 0 Å². The largest absolute Gasteiger partial charge is 0.508 e. The number of carbonyl (C=O) groups excluding carboxylic acids is 2. The summed E-state index contributed by atoms with van der Waals surface area (Å²) in [5.74, 6) is 5.17. The van der Waals surface area contributed by atoms with Gasteiger partial charge in [-0.2, -0.15) is 0 Å². The van der Waals surface area contributed by atoms with Crippen molar-refractivity contribution in [2.24, 2.45) is 5.92 Å². The molecule has 0 aliphatic carbocycles. The maximum Gasteiger partial charge on any atom is 0.508 e. The Bertz CT molecular complexity index is 527. The first-order valence-corrected chi connectivity index (χ1v) is 6.95. The Morgan fingerprint density at radius 3 is 2.50 bits per heavy atom. The lowest BCUT2D eigenvalue weighted by Crippen LogP contribution is -2.17. The van der Waals surface area contributed by atoms with Crippen molar-refractivity contribution in [3.8, 4) is 11.8 Å². The Hall–Kier alpha value is -2.48. The number of aryl methyl sites for hydroxylation is 1. The molecule has 1 rings (SSSR count). The summed E-state index contributed by atoms with van der Waals surface area (Å²) in [6, 6.07) is 9.99. The Morgan fingerprint density at radius 1 is 1.14 bits per heavy atom. The van der Waals surface area contributed by atoms with Crippen LogP contribution in [0, 0.1) is 17.8 Å². The van der Waals surface area contributed by atoms with Crippen LogP contribution in [0.3, 0.4) is 0 Å². The van der Waals surface area contributed by atoms with Crippen molar-refractivity contribution in [3.63, 3.8) is 0 Å². The van der Waals surface area contributed by atoms with Gasteiger partial charge in [-0.25, -0.2) is 4.79 Å². The Kier molecular flexibility index (Phi) is 8.21. The average Bonchev–Trinajstić information content (AvgIpc) is 2.56. The summed E-state index contributed by atoms with van der Waals surface area (Å²) in [4.78, 5) is 22.3. The van der Waals surface area contributed by atoms with Gasteiger partial charge in [-0.1, -0.05) is 36.3 Å². The molecule has 118 valence electrons. The molecule has 0 saturated carbocycles. The van der Waals surface area contributed by atoms with Crippen molar-refractivity contribution < 1.29 is 23.8 Å². The summed E-state index contributed by atoms with van der Waals surface area (Å²) in [5.41, 5.74) is 1.20. The number of benzene rings is 1. The summed E-state index contributed by atoms with van der Waals surface area (Å²) in [6.07, 6.45) is 0.781. The molecule has 0 heterocycles. The van der Waals surface area contributed by atoms with Gasteiger partial charge in [-0.3, -0.25) is 4.79 Å². The van der Waals surface area contributed by atoms with Gasteiger partial charge in [0.15, 0.2) is 0 Å². The van der Waals surface area contributed by atoms with E-state index in [1.54, 1.807) is 0 Å². The number of rotatable bonds is 6. The van der Waals surface area contributed by atoms with E-state index in [4.69, 9.17) is 4.74 Å². The highest BCUT2D eigenvalue weighted by atomic mass is 16.7. The maximum absolute atomic E-state index is 11.3. The minimum Gasteiger partial charge on any atom is -0.469 e. The van der Waals surface area contributed by atoms with Crippen LogP contribution in [0.4, 0.5) is 4.79 Å². The van der Waals surface area contributed by atoms with E-state index in [-0.39, 0.29) is 13.0 Å². The molecule has 0 bridgehead atoms. The highest BCUT2D eigenvalue weighted by Crippen LogP contribution is 2.06. The van der Waals surface area contributed by atoms with E-state index < -0.39 is 18.0 Å². The molecule has 5 nitrogen and oxygen atoms in total. The summed E-state index contributed by atoms with van der Waals surface area (Å²) < 4.78 is 13.8. The molecule has 0 aromatic heterocycles. The zero-order valence-corrected chi connectivity index (χ0v) is 12.8. The fourth-order valence-electron chi connectivity index (χ4n) is 1.73. The molecule has 0 spiro atoms. The average molecular weight is 304 g/mol. The van der Waals surface area contributed by atoms with Crippen LogP contribution in [0.1, 0.15) is 18.4 Å². The molecule has 0 fully saturated rings. The van der Waals surface area contributed by atoms with Gasteiger partial charge in [0.1, 0.15) is 6.61 Å². The van der Waals surface area contributed by atoms with Crippen molar-refractivity contribution in [1.29, 1.82) is 0 Å². The predicted molar refractivity (Wildman–Crippen MR) is 81.0 cm³/mol. The third kappa shape index (κ3) is 7.34. The molecular formula is C17H20O5. The van der Waals surface area contributed by atoms with Gasteiger partial charge in [0.25, 0.3) is 0 Å². The molecule has 1 aromatic rings. The van der Waals surface area contributed by atoms with E-state index in [2.05, 4.69) is 21.3 Å². The first-order chi connectivity index (χ1) is 10.7. The second-order valence-corrected chi connectivity index (χ2v) is 4.55. The van der Waals surface area contributed by atoms with E-state index in [1.165, 1.54) is 19.8 Å². The van der Waals surface area contributed by atoms with Crippen molar-refractivity contribution in [1.82, 2.24) is 0 Å². The molecule has 0 N–H and O–H groups in total. The molecule has 0 unspecified atom stereocenters. The van der Waals surface area contributed by atoms with Gasteiger partial charge >= 0.3 is 12.1 Å². The minimum absolute atomic E-state index is 0.000109. The van der Waals surface area contributed by atoms with Crippen molar-refractivity contribution in [3.05, 3.63) is 35.9 Å². The quantitative estimate of drug-likeness (QED) is 0.597. The number of carbonyl (C=O) groups is 2. The number of esters is 1. The lowest BCUT2D eigenvalue weighted by molar-refractivity contribution is -0.141. The molecule has 22 heavy (non-hydrogen) atoms. The van der Waals surface area contributed by atoms with E-state index in [0.717, 1.165) is 6.42 Å². The van der Waals surface area contributed by atoms with Crippen LogP contribution in [0.15, 0.2) is 30.3 Å². The number of methoxy groups -OCH3 is 2. The smallest absolute Gasteiger partial charge is 0.469 e. The van der Waals surface area contributed by atoms with Crippen LogP contribution in [-0.4, -0.2) is 33.0 Å². The van der Waals surface area contributed by atoms with Crippen LogP contribution in [0.2, 0.25) is 0 Å². The number of hydrogen-bond acceptors (Lipinski definition) is 5.